The molecule has 194 valence electrons. The molecule has 0 saturated heterocycles. The lowest BCUT2D eigenvalue weighted by molar-refractivity contribution is -0.144. The second kappa shape index (κ2) is 13.3. The number of nitrogens with one attached hydrogen (secondary N) is 2. The first-order chi connectivity index (χ1) is 16.3. The van der Waals surface area contributed by atoms with Crippen molar-refractivity contribution in [2.45, 2.75) is 65.1 Å². The number of alkyl carbamates (subject to hydrolysis) is 1. The fourth-order valence-electron chi connectivity index (χ4n) is 3.26. The summed E-state index contributed by atoms with van der Waals surface area (Å²) in [5, 5.41) is 5.02. The molecule has 1 rings (SSSR count). The monoisotopic (exact) mass is 492 g/mol. The highest BCUT2D eigenvalue weighted by molar-refractivity contribution is 5.94. The SMILES string of the molecule is CCOC(=O)CCNC(=O)C(c1ccccc1C)N(C)C(=O)C(CC(N)=O)NC(=O)OC(C)(C)C. The summed E-state index contributed by atoms with van der Waals surface area (Å²) >= 11 is 0. The zero-order chi connectivity index (χ0) is 26.8. The number of carbonyl (C=O) groups is 5. The van der Waals surface area contributed by atoms with Crippen molar-refractivity contribution in [3.8, 4) is 0 Å². The van der Waals surface area contributed by atoms with Gasteiger partial charge in [-0.3, -0.25) is 19.2 Å². The lowest BCUT2D eigenvalue weighted by Crippen LogP contribution is -2.53. The number of amides is 4. The van der Waals surface area contributed by atoms with Gasteiger partial charge in [0.1, 0.15) is 17.7 Å². The van der Waals surface area contributed by atoms with Gasteiger partial charge >= 0.3 is 12.1 Å². The standard InChI is InChI=1S/C24H36N4O7/c1-7-34-19(30)12-13-26-21(31)20(16-11-9-8-10-15(16)2)28(6)22(32)17(14-18(25)29)27-23(33)35-24(3,4)5/h8-11,17,20H,7,12-14H2,1-6H3,(H2,25,29)(H,26,31)(H,27,33). The maximum atomic E-state index is 13.4. The molecule has 4 N–H and O–H groups in total. The highest BCUT2D eigenvalue weighted by atomic mass is 16.6. The lowest BCUT2D eigenvalue weighted by atomic mass is 9.98. The van der Waals surface area contributed by atoms with Gasteiger partial charge < -0.3 is 30.7 Å². The van der Waals surface area contributed by atoms with Crippen LogP contribution in [0.1, 0.15) is 57.7 Å². The molecule has 0 aliphatic heterocycles. The van der Waals surface area contributed by atoms with Crippen LogP contribution in [0.5, 0.6) is 0 Å². The third-order valence-electron chi connectivity index (χ3n) is 4.79. The molecular formula is C24H36N4O7. The summed E-state index contributed by atoms with van der Waals surface area (Å²) in [7, 11) is 1.38. The van der Waals surface area contributed by atoms with Crippen LogP contribution in [0.2, 0.25) is 0 Å². The molecule has 0 fully saturated rings. The molecule has 1 aromatic rings. The molecule has 2 unspecified atom stereocenters. The Balaban J connectivity index is 3.19. The van der Waals surface area contributed by atoms with Crippen molar-refractivity contribution in [3.63, 3.8) is 0 Å². The molecule has 11 nitrogen and oxygen atoms in total. The predicted molar refractivity (Wildman–Crippen MR) is 128 cm³/mol. The molecule has 0 radical (unpaired) electrons. The van der Waals surface area contributed by atoms with E-state index in [0.29, 0.717) is 5.56 Å². The van der Waals surface area contributed by atoms with Gasteiger partial charge in [0.25, 0.3) is 0 Å². The van der Waals surface area contributed by atoms with Crippen LogP contribution in [-0.2, 0) is 28.7 Å². The highest BCUT2D eigenvalue weighted by Gasteiger charge is 2.35. The summed E-state index contributed by atoms with van der Waals surface area (Å²) < 4.78 is 10.1. The number of hydrogen-bond acceptors (Lipinski definition) is 7. The quantitative estimate of drug-likeness (QED) is 0.393. The number of ether oxygens (including phenoxy) is 2. The third kappa shape index (κ3) is 10.0. The van der Waals surface area contributed by atoms with Crippen LogP contribution in [0.25, 0.3) is 0 Å². The fraction of sp³-hybridized carbons (Fsp3) is 0.542. The topological polar surface area (TPSA) is 157 Å². The van der Waals surface area contributed by atoms with Gasteiger partial charge in [-0.2, -0.15) is 0 Å². The first-order valence-corrected chi connectivity index (χ1v) is 11.3. The maximum absolute atomic E-state index is 13.4. The molecule has 1 aromatic carbocycles. The summed E-state index contributed by atoms with van der Waals surface area (Å²) in [6.07, 6.45) is -1.44. The highest BCUT2D eigenvalue weighted by Crippen LogP contribution is 2.24. The molecule has 11 heteroatoms. The second-order valence-corrected chi connectivity index (χ2v) is 8.92. The number of rotatable bonds is 11. The summed E-state index contributed by atoms with van der Waals surface area (Å²) in [5.41, 5.74) is 5.74. The Morgan fingerprint density at radius 2 is 1.74 bits per heavy atom. The van der Waals surface area contributed by atoms with Crippen LogP contribution in [0, 0.1) is 6.92 Å². The average molecular weight is 493 g/mol. The first-order valence-electron chi connectivity index (χ1n) is 11.3. The van der Waals surface area contributed by atoms with E-state index >= 15 is 0 Å². The van der Waals surface area contributed by atoms with E-state index in [9.17, 15) is 24.0 Å². The molecule has 35 heavy (non-hydrogen) atoms. The zero-order valence-electron chi connectivity index (χ0n) is 21.2. The number of hydrogen-bond donors (Lipinski definition) is 3. The van der Waals surface area contributed by atoms with Crippen molar-refractivity contribution in [1.29, 1.82) is 0 Å². The summed E-state index contributed by atoms with van der Waals surface area (Å²) in [4.78, 5) is 63.2. The van der Waals surface area contributed by atoms with Crippen LogP contribution in [0.4, 0.5) is 4.79 Å². The van der Waals surface area contributed by atoms with Crippen molar-refractivity contribution >= 4 is 29.8 Å². The number of nitrogens with zero attached hydrogens (tertiary/aromatic N) is 1. The smallest absolute Gasteiger partial charge is 0.408 e. The molecule has 0 spiro atoms. The molecule has 2 atom stereocenters. The van der Waals surface area contributed by atoms with Crippen molar-refractivity contribution in [3.05, 3.63) is 35.4 Å². The maximum Gasteiger partial charge on any atom is 0.408 e. The largest absolute Gasteiger partial charge is 0.466 e. The van der Waals surface area contributed by atoms with E-state index < -0.39 is 53.9 Å². The second-order valence-electron chi connectivity index (χ2n) is 8.92. The van der Waals surface area contributed by atoms with Gasteiger partial charge in [-0.05, 0) is 45.7 Å². The van der Waals surface area contributed by atoms with E-state index in [4.69, 9.17) is 15.2 Å². The van der Waals surface area contributed by atoms with Crippen LogP contribution in [-0.4, -0.2) is 66.5 Å². The van der Waals surface area contributed by atoms with Gasteiger partial charge in [0.05, 0.1) is 19.4 Å². The molecule has 0 bridgehead atoms. The van der Waals surface area contributed by atoms with Crippen molar-refractivity contribution < 1.29 is 33.4 Å². The Bertz CT molecular complexity index is 927. The van der Waals surface area contributed by atoms with E-state index in [1.807, 2.05) is 0 Å². The minimum atomic E-state index is -1.36. The number of primary amides is 1. The molecule has 4 amide bonds. The number of aryl methyl sites for hydroxylation is 1. The molecule has 0 aromatic heterocycles. The Morgan fingerprint density at radius 1 is 1.11 bits per heavy atom. The van der Waals surface area contributed by atoms with Gasteiger partial charge in [-0.25, -0.2) is 4.79 Å². The van der Waals surface area contributed by atoms with E-state index in [-0.39, 0.29) is 19.6 Å². The van der Waals surface area contributed by atoms with Crippen molar-refractivity contribution in [2.75, 3.05) is 20.2 Å². The van der Waals surface area contributed by atoms with Gasteiger partial charge in [-0.15, -0.1) is 0 Å². The summed E-state index contributed by atoms with van der Waals surface area (Å²) in [6, 6.07) is 4.52. The van der Waals surface area contributed by atoms with E-state index in [1.54, 1.807) is 58.9 Å². The minimum absolute atomic E-state index is 0.00293. The van der Waals surface area contributed by atoms with E-state index in [2.05, 4.69) is 10.6 Å². The average Bonchev–Trinajstić information content (AvgIpc) is 2.72. The molecule has 0 heterocycles. The Morgan fingerprint density at radius 3 is 2.29 bits per heavy atom. The van der Waals surface area contributed by atoms with Crippen LogP contribution in [0.3, 0.4) is 0 Å². The van der Waals surface area contributed by atoms with Crippen LogP contribution < -0.4 is 16.4 Å². The predicted octanol–water partition coefficient (Wildman–Crippen LogP) is 1.33. The van der Waals surface area contributed by atoms with Gasteiger partial charge in [-0.1, -0.05) is 24.3 Å². The van der Waals surface area contributed by atoms with E-state index in [0.717, 1.165) is 10.5 Å². The van der Waals surface area contributed by atoms with Gasteiger partial charge in [0.15, 0.2) is 0 Å². The minimum Gasteiger partial charge on any atom is -0.466 e. The number of likely N-dealkylation sites (N-methyl/N-ethyl adjacent to an activating group) is 1. The Labute approximate surface area is 205 Å². The molecule has 0 aliphatic rings. The van der Waals surface area contributed by atoms with Crippen molar-refractivity contribution in [1.82, 2.24) is 15.5 Å². The van der Waals surface area contributed by atoms with Gasteiger partial charge in [0.2, 0.25) is 17.7 Å². The van der Waals surface area contributed by atoms with Crippen LogP contribution in [0.15, 0.2) is 24.3 Å². The number of benzene rings is 1. The normalized spacial score (nSPS) is 12.6. The summed E-state index contributed by atoms with van der Waals surface area (Å²) in [6.45, 7) is 8.64. The first kappa shape index (κ1) is 29.4. The summed E-state index contributed by atoms with van der Waals surface area (Å²) in [5.74, 6) is -2.55. The molecule has 0 saturated carbocycles. The Hall–Kier alpha value is -3.63. The molecule has 0 aliphatic carbocycles. The third-order valence-corrected chi connectivity index (χ3v) is 4.79. The van der Waals surface area contributed by atoms with Gasteiger partial charge in [0, 0.05) is 13.6 Å². The van der Waals surface area contributed by atoms with Crippen molar-refractivity contribution in [2.24, 2.45) is 5.73 Å². The fourth-order valence-corrected chi connectivity index (χ4v) is 3.26. The van der Waals surface area contributed by atoms with Crippen LogP contribution >= 0.6 is 0 Å². The molecular weight excluding hydrogens is 456 g/mol. The van der Waals surface area contributed by atoms with E-state index in [1.165, 1.54) is 7.05 Å². The number of nitrogens with two attached hydrogens (primary N) is 1. The lowest BCUT2D eigenvalue weighted by Gasteiger charge is -2.32. The number of carbonyl (C=O) groups excluding carboxylic acids is 5. The Kier molecular flexibility index (Phi) is 11.2. The zero-order valence-corrected chi connectivity index (χ0v) is 21.2. The number of esters is 1.